The molecule has 0 aliphatic carbocycles. The molecule has 7 heteroatoms. The largest absolute Gasteiger partial charge is 0.397 e. The van der Waals surface area contributed by atoms with Gasteiger partial charge in [0.2, 0.25) is 0 Å². The summed E-state index contributed by atoms with van der Waals surface area (Å²) in [7, 11) is 0. The fourth-order valence-corrected chi connectivity index (χ4v) is 2.80. The van der Waals surface area contributed by atoms with Gasteiger partial charge >= 0.3 is 6.18 Å². The highest BCUT2D eigenvalue weighted by atomic mass is 19.4. The fraction of sp³-hybridized carbons (Fsp3) is 0.182. The lowest BCUT2D eigenvalue weighted by molar-refractivity contribution is -0.163. The summed E-state index contributed by atoms with van der Waals surface area (Å²) in [5.74, 6) is -2.98. The molecule has 0 aliphatic rings. The third-order valence-corrected chi connectivity index (χ3v) is 4.30. The lowest BCUT2D eigenvalue weighted by Gasteiger charge is -2.21. The predicted molar refractivity (Wildman–Crippen MR) is 101 cm³/mol. The van der Waals surface area contributed by atoms with Crippen LogP contribution in [0.2, 0.25) is 0 Å². The molecule has 3 rings (SSSR count). The van der Waals surface area contributed by atoms with Crippen LogP contribution in [0, 0.1) is 11.6 Å². The van der Waals surface area contributed by atoms with E-state index >= 15 is 0 Å². The summed E-state index contributed by atoms with van der Waals surface area (Å²) in [5, 5.41) is 2.92. The number of rotatable bonds is 7. The Labute approximate surface area is 164 Å². The van der Waals surface area contributed by atoms with E-state index in [1.165, 1.54) is 18.2 Å². The van der Waals surface area contributed by atoms with Crippen molar-refractivity contribution in [3.63, 3.8) is 0 Å². The Kier molecular flexibility index (Phi) is 6.49. The van der Waals surface area contributed by atoms with Crippen LogP contribution in [-0.4, -0.2) is 12.8 Å². The molecule has 0 aromatic heterocycles. The van der Waals surface area contributed by atoms with E-state index in [9.17, 15) is 22.0 Å². The SMILES string of the molecule is Fc1ccc(C(COCc2ccc(F)c(Nc3ccccc3)c2)C(F)(F)F)cc1. The first-order valence-corrected chi connectivity index (χ1v) is 8.83. The Morgan fingerprint density at radius 1 is 0.862 bits per heavy atom. The van der Waals surface area contributed by atoms with Gasteiger partial charge in [-0.1, -0.05) is 36.4 Å². The molecular weight excluding hydrogens is 389 g/mol. The lowest BCUT2D eigenvalue weighted by atomic mass is 9.99. The Balaban J connectivity index is 1.67. The minimum Gasteiger partial charge on any atom is -0.376 e. The molecule has 0 saturated heterocycles. The Bertz CT molecular complexity index is 926. The summed E-state index contributed by atoms with van der Waals surface area (Å²) in [6.07, 6.45) is -4.54. The van der Waals surface area contributed by atoms with E-state index in [0.29, 0.717) is 11.3 Å². The third-order valence-electron chi connectivity index (χ3n) is 4.30. The summed E-state index contributed by atoms with van der Waals surface area (Å²) in [4.78, 5) is 0. The minimum absolute atomic E-state index is 0.0792. The van der Waals surface area contributed by atoms with Crippen LogP contribution in [0.1, 0.15) is 17.0 Å². The van der Waals surface area contributed by atoms with Crippen LogP contribution in [0.5, 0.6) is 0 Å². The van der Waals surface area contributed by atoms with Crippen LogP contribution < -0.4 is 5.32 Å². The monoisotopic (exact) mass is 407 g/mol. The summed E-state index contributed by atoms with van der Waals surface area (Å²) >= 11 is 0. The van der Waals surface area contributed by atoms with Crippen molar-refractivity contribution in [3.05, 3.63) is 95.6 Å². The number of ether oxygens (including phenoxy) is 1. The second kappa shape index (κ2) is 9.05. The van der Waals surface area contributed by atoms with Gasteiger partial charge in [-0.25, -0.2) is 8.78 Å². The number of hydrogen-bond donors (Lipinski definition) is 1. The van der Waals surface area contributed by atoms with Gasteiger partial charge in [-0.2, -0.15) is 13.2 Å². The molecule has 3 aromatic rings. The third kappa shape index (κ3) is 5.77. The topological polar surface area (TPSA) is 21.3 Å². The molecule has 29 heavy (non-hydrogen) atoms. The summed E-state index contributed by atoms with van der Waals surface area (Å²) in [6.45, 7) is -0.758. The van der Waals surface area contributed by atoms with Gasteiger partial charge in [0, 0.05) is 5.69 Å². The molecule has 1 unspecified atom stereocenters. The standard InChI is InChI=1S/C22H18F5NO/c23-17-9-7-16(8-10-17)19(22(25,26)27)14-29-13-15-6-11-20(24)21(12-15)28-18-4-2-1-3-5-18/h1-12,19,28H,13-14H2. The van der Waals surface area contributed by atoms with Crippen LogP contribution in [-0.2, 0) is 11.3 Å². The van der Waals surface area contributed by atoms with Crippen LogP contribution in [0.15, 0.2) is 72.8 Å². The maximum Gasteiger partial charge on any atom is 0.397 e. The number of hydrogen-bond acceptors (Lipinski definition) is 2. The number of alkyl halides is 3. The number of anilines is 2. The zero-order valence-electron chi connectivity index (χ0n) is 15.2. The van der Waals surface area contributed by atoms with E-state index in [4.69, 9.17) is 4.74 Å². The van der Waals surface area contributed by atoms with E-state index in [1.807, 2.05) is 6.07 Å². The van der Waals surface area contributed by atoms with Crippen LogP contribution in [0.25, 0.3) is 0 Å². The van der Waals surface area contributed by atoms with Gasteiger partial charge in [0.25, 0.3) is 0 Å². The molecule has 0 fully saturated rings. The van der Waals surface area contributed by atoms with Crippen LogP contribution in [0.4, 0.5) is 33.3 Å². The normalized spacial score (nSPS) is 12.6. The van der Waals surface area contributed by atoms with Gasteiger partial charge in [0.1, 0.15) is 17.6 Å². The van der Waals surface area contributed by atoms with Crippen molar-refractivity contribution >= 4 is 11.4 Å². The average molecular weight is 407 g/mol. The molecule has 2 nitrogen and oxygen atoms in total. The van der Waals surface area contributed by atoms with Crippen molar-refractivity contribution in [2.24, 2.45) is 0 Å². The van der Waals surface area contributed by atoms with E-state index in [-0.39, 0.29) is 17.9 Å². The van der Waals surface area contributed by atoms with E-state index in [2.05, 4.69) is 5.32 Å². The number of benzene rings is 3. The maximum atomic E-state index is 14.0. The van der Waals surface area contributed by atoms with Crippen LogP contribution in [0.3, 0.4) is 0 Å². The van der Waals surface area contributed by atoms with Gasteiger partial charge in [-0.3, -0.25) is 0 Å². The number of para-hydroxylation sites is 1. The Morgan fingerprint density at radius 2 is 1.55 bits per heavy atom. The molecule has 1 N–H and O–H groups in total. The van der Waals surface area contributed by atoms with Gasteiger partial charge in [0.05, 0.1) is 18.9 Å². The molecule has 0 heterocycles. The van der Waals surface area contributed by atoms with Gasteiger partial charge in [-0.15, -0.1) is 0 Å². The van der Waals surface area contributed by atoms with Crippen molar-refractivity contribution in [1.29, 1.82) is 0 Å². The fourth-order valence-electron chi connectivity index (χ4n) is 2.80. The molecule has 0 radical (unpaired) electrons. The zero-order chi connectivity index (χ0) is 20.9. The van der Waals surface area contributed by atoms with Gasteiger partial charge in [-0.05, 0) is 47.5 Å². The quantitative estimate of drug-likeness (QED) is 0.447. The first-order valence-electron chi connectivity index (χ1n) is 8.83. The Morgan fingerprint density at radius 3 is 2.21 bits per heavy atom. The molecule has 0 amide bonds. The van der Waals surface area contributed by atoms with Gasteiger partial charge in [0.15, 0.2) is 0 Å². The molecule has 0 aliphatic heterocycles. The predicted octanol–water partition coefficient (Wildman–Crippen LogP) is 6.57. The second-order valence-electron chi connectivity index (χ2n) is 6.47. The molecule has 0 saturated carbocycles. The lowest BCUT2D eigenvalue weighted by Crippen LogP contribution is -2.25. The van der Waals surface area contributed by atoms with Crippen molar-refractivity contribution < 1.29 is 26.7 Å². The molecule has 152 valence electrons. The summed E-state index contributed by atoms with van der Waals surface area (Å²) in [5.41, 5.74) is 1.32. The van der Waals surface area contributed by atoms with Crippen LogP contribution >= 0.6 is 0 Å². The molecule has 0 spiro atoms. The highest BCUT2D eigenvalue weighted by molar-refractivity contribution is 5.60. The van der Waals surface area contributed by atoms with E-state index < -0.39 is 30.3 Å². The molecule has 1 atom stereocenters. The summed E-state index contributed by atoms with van der Waals surface area (Å²) in [6, 6.07) is 17.3. The number of nitrogens with one attached hydrogen (secondary N) is 1. The average Bonchev–Trinajstić information content (AvgIpc) is 2.68. The zero-order valence-corrected chi connectivity index (χ0v) is 15.2. The van der Waals surface area contributed by atoms with Crippen molar-refractivity contribution in [2.75, 3.05) is 11.9 Å². The minimum atomic E-state index is -4.54. The van der Waals surface area contributed by atoms with E-state index in [1.54, 1.807) is 24.3 Å². The van der Waals surface area contributed by atoms with Crippen molar-refractivity contribution in [3.8, 4) is 0 Å². The summed E-state index contributed by atoms with van der Waals surface area (Å²) < 4.78 is 72.4. The maximum absolute atomic E-state index is 14.0. The van der Waals surface area contributed by atoms with Crippen molar-refractivity contribution in [2.45, 2.75) is 18.7 Å². The first kappa shape index (κ1) is 20.8. The molecule has 3 aromatic carbocycles. The Hall–Kier alpha value is -2.93. The molecule has 0 bridgehead atoms. The highest BCUT2D eigenvalue weighted by Gasteiger charge is 2.40. The number of halogens is 5. The van der Waals surface area contributed by atoms with Gasteiger partial charge < -0.3 is 10.1 Å². The second-order valence-corrected chi connectivity index (χ2v) is 6.47. The first-order chi connectivity index (χ1) is 13.8. The van der Waals surface area contributed by atoms with E-state index in [0.717, 1.165) is 24.3 Å². The smallest absolute Gasteiger partial charge is 0.376 e. The highest BCUT2D eigenvalue weighted by Crippen LogP contribution is 2.35. The van der Waals surface area contributed by atoms with Crippen molar-refractivity contribution in [1.82, 2.24) is 0 Å². The molecular formula is C22H18F5NO.